The molecule has 1 atom stereocenters. The third kappa shape index (κ3) is 3.69. The van der Waals surface area contributed by atoms with Gasteiger partial charge >= 0.3 is 0 Å². The molecule has 0 aliphatic carbocycles. The van der Waals surface area contributed by atoms with Crippen LogP contribution < -0.4 is 10.1 Å². The molecule has 1 aliphatic rings. The van der Waals surface area contributed by atoms with Crippen molar-refractivity contribution in [3.8, 4) is 16.9 Å². The molecule has 2 heterocycles. The molecule has 2 aromatic carbocycles. The molecule has 3 aromatic rings. The van der Waals surface area contributed by atoms with Crippen molar-refractivity contribution in [3.05, 3.63) is 71.8 Å². The normalized spacial score (nSPS) is 15.7. The van der Waals surface area contributed by atoms with Crippen LogP contribution in [0.2, 0.25) is 0 Å². The predicted molar refractivity (Wildman–Crippen MR) is 99.8 cm³/mol. The molecule has 0 radical (unpaired) electrons. The van der Waals surface area contributed by atoms with E-state index in [0.717, 1.165) is 16.8 Å². The molecule has 1 aromatic heterocycles. The summed E-state index contributed by atoms with van der Waals surface area (Å²) in [7, 11) is 0. The standard InChI is InChI=1S/C21H20FN3O2/c1-14-18(15-5-3-2-4-6-15)12-25(24-14)13-21(26)23-19-9-10-27-20-8-7-16(22)11-17(19)20/h2-8,11-12,19H,9-10,13H2,1H3,(H,23,26). The summed E-state index contributed by atoms with van der Waals surface area (Å²) in [6, 6.07) is 14.1. The number of carbonyl (C=O) groups is 1. The molecule has 1 aliphatic heterocycles. The zero-order valence-corrected chi connectivity index (χ0v) is 15.0. The van der Waals surface area contributed by atoms with Crippen molar-refractivity contribution in [2.24, 2.45) is 0 Å². The number of rotatable bonds is 4. The van der Waals surface area contributed by atoms with Gasteiger partial charge < -0.3 is 10.1 Å². The fourth-order valence-corrected chi connectivity index (χ4v) is 3.40. The minimum atomic E-state index is -0.339. The molecule has 0 fully saturated rings. The van der Waals surface area contributed by atoms with E-state index in [-0.39, 0.29) is 24.3 Å². The van der Waals surface area contributed by atoms with E-state index in [2.05, 4.69) is 10.4 Å². The van der Waals surface area contributed by atoms with Crippen molar-refractivity contribution in [1.82, 2.24) is 15.1 Å². The summed E-state index contributed by atoms with van der Waals surface area (Å²) in [6.45, 7) is 2.52. The van der Waals surface area contributed by atoms with Gasteiger partial charge in [-0.05, 0) is 30.7 Å². The van der Waals surface area contributed by atoms with Gasteiger partial charge in [0.15, 0.2) is 0 Å². The summed E-state index contributed by atoms with van der Waals surface area (Å²) >= 11 is 0. The Balaban J connectivity index is 1.48. The van der Waals surface area contributed by atoms with Crippen molar-refractivity contribution < 1.29 is 13.9 Å². The zero-order chi connectivity index (χ0) is 18.8. The van der Waals surface area contributed by atoms with E-state index in [4.69, 9.17) is 4.74 Å². The summed E-state index contributed by atoms with van der Waals surface area (Å²) < 4.78 is 20.8. The lowest BCUT2D eigenvalue weighted by atomic mass is 10.0. The van der Waals surface area contributed by atoms with Crippen LogP contribution in [0.5, 0.6) is 5.75 Å². The van der Waals surface area contributed by atoms with E-state index >= 15 is 0 Å². The van der Waals surface area contributed by atoms with E-state index in [1.165, 1.54) is 12.1 Å². The minimum absolute atomic E-state index is 0.107. The summed E-state index contributed by atoms with van der Waals surface area (Å²) in [4.78, 5) is 12.5. The molecule has 5 nitrogen and oxygen atoms in total. The van der Waals surface area contributed by atoms with Gasteiger partial charge in [-0.15, -0.1) is 0 Å². The first-order chi connectivity index (χ1) is 13.1. The Morgan fingerprint density at radius 2 is 2.11 bits per heavy atom. The van der Waals surface area contributed by atoms with Crippen LogP contribution in [-0.4, -0.2) is 22.3 Å². The van der Waals surface area contributed by atoms with E-state index in [9.17, 15) is 9.18 Å². The lowest BCUT2D eigenvalue weighted by Crippen LogP contribution is -2.34. The van der Waals surface area contributed by atoms with Gasteiger partial charge in [-0.3, -0.25) is 9.48 Å². The van der Waals surface area contributed by atoms with E-state index in [1.54, 1.807) is 10.7 Å². The van der Waals surface area contributed by atoms with Crippen LogP contribution in [0.25, 0.3) is 11.1 Å². The lowest BCUT2D eigenvalue weighted by Gasteiger charge is -2.26. The first kappa shape index (κ1) is 17.3. The van der Waals surface area contributed by atoms with Gasteiger partial charge in [0, 0.05) is 23.7 Å². The molecule has 1 N–H and O–H groups in total. The SMILES string of the molecule is Cc1nn(CC(=O)NC2CCOc3ccc(F)cc32)cc1-c1ccccc1. The molecular formula is C21H20FN3O2. The van der Waals surface area contributed by atoms with Gasteiger partial charge in [-0.1, -0.05) is 30.3 Å². The second-order valence-electron chi connectivity index (χ2n) is 6.63. The zero-order valence-electron chi connectivity index (χ0n) is 15.0. The average Bonchev–Trinajstić information content (AvgIpc) is 3.03. The number of aromatic nitrogens is 2. The number of ether oxygens (including phenoxy) is 1. The highest BCUT2D eigenvalue weighted by molar-refractivity contribution is 5.76. The maximum absolute atomic E-state index is 13.6. The fraction of sp³-hybridized carbons (Fsp3) is 0.238. The first-order valence-electron chi connectivity index (χ1n) is 8.91. The molecule has 1 amide bonds. The molecule has 4 rings (SSSR count). The van der Waals surface area contributed by atoms with Crippen LogP contribution >= 0.6 is 0 Å². The Labute approximate surface area is 156 Å². The number of hydrogen-bond donors (Lipinski definition) is 1. The summed E-state index contributed by atoms with van der Waals surface area (Å²) in [6.07, 6.45) is 2.48. The molecule has 0 bridgehead atoms. The van der Waals surface area contributed by atoms with Crippen LogP contribution in [0, 0.1) is 12.7 Å². The largest absolute Gasteiger partial charge is 0.493 e. The van der Waals surface area contributed by atoms with Crippen molar-refractivity contribution in [1.29, 1.82) is 0 Å². The summed E-state index contributed by atoms with van der Waals surface area (Å²) in [5, 5.41) is 7.42. The summed E-state index contributed by atoms with van der Waals surface area (Å²) in [5.41, 5.74) is 3.61. The van der Waals surface area contributed by atoms with E-state index in [1.807, 2.05) is 43.5 Å². The fourth-order valence-electron chi connectivity index (χ4n) is 3.40. The maximum Gasteiger partial charge on any atom is 0.242 e. The van der Waals surface area contributed by atoms with E-state index in [0.29, 0.717) is 24.3 Å². The van der Waals surface area contributed by atoms with Gasteiger partial charge in [0.1, 0.15) is 18.1 Å². The Bertz CT molecular complexity index is 969. The topological polar surface area (TPSA) is 56.2 Å². The quantitative estimate of drug-likeness (QED) is 0.768. The Hall–Kier alpha value is -3.15. The second-order valence-corrected chi connectivity index (χ2v) is 6.63. The number of amides is 1. The third-order valence-electron chi connectivity index (χ3n) is 4.68. The molecule has 0 spiro atoms. The van der Waals surface area contributed by atoms with Gasteiger partial charge in [0.05, 0.1) is 18.3 Å². The average molecular weight is 365 g/mol. The first-order valence-corrected chi connectivity index (χ1v) is 8.91. The Morgan fingerprint density at radius 1 is 1.30 bits per heavy atom. The number of benzene rings is 2. The molecule has 138 valence electrons. The van der Waals surface area contributed by atoms with Gasteiger partial charge in [-0.25, -0.2) is 4.39 Å². The van der Waals surface area contributed by atoms with Crippen LogP contribution in [0.1, 0.15) is 23.7 Å². The molecular weight excluding hydrogens is 345 g/mol. The third-order valence-corrected chi connectivity index (χ3v) is 4.68. The molecule has 1 unspecified atom stereocenters. The number of aryl methyl sites for hydroxylation is 1. The highest BCUT2D eigenvalue weighted by atomic mass is 19.1. The highest BCUT2D eigenvalue weighted by Crippen LogP contribution is 2.32. The number of halogens is 1. The molecule has 27 heavy (non-hydrogen) atoms. The number of hydrogen-bond acceptors (Lipinski definition) is 3. The number of nitrogens with zero attached hydrogens (tertiary/aromatic N) is 2. The predicted octanol–water partition coefficient (Wildman–Crippen LogP) is 3.64. The van der Waals surface area contributed by atoms with Crippen molar-refractivity contribution in [2.45, 2.75) is 25.9 Å². The van der Waals surface area contributed by atoms with Gasteiger partial charge in [-0.2, -0.15) is 5.10 Å². The number of nitrogens with one attached hydrogen (secondary N) is 1. The van der Waals surface area contributed by atoms with Crippen molar-refractivity contribution >= 4 is 5.91 Å². The minimum Gasteiger partial charge on any atom is -0.493 e. The molecule has 0 saturated carbocycles. The maximum atomic E-state index is 13.6. The smallest absolute Gasteiger partial charge is 0.242 e. The second kappa shape index (κ2) is 7.23. The number of fused-ring (bicyclic) bond motifs is 1. The van der Waals surface area contributed by atoms with Gasteiger partial charge in [0.2, 0.25) is 5.91 Å². The van der Waals surface area contributed by atoms with Crippen molar-refractivity contribution in [3.63, 3.8) is 0 Å². The van der Waals surface area contributed by atoms with E-state index < -0.39 is 0 Å². The summed E-state index contributed by atoms with van der Waals surface area (Å²) in [5.74, 6) is 0.113. The Morgan fingerprint density at radius 3 is 2.93 bits per heavy atom. The molecule has 0 saturated heterocycles. The van der Waals surface area contributed by atoms with Crippen LogP contribution in [0.15, 0.2) is 54.7 Å². The number of carbonyl (C=O) groups excluding carboxylic acids is 1. The van der Waals surface area contributed by atoms with Gasteiger partial charge in [0.25, 0.3) is 0 Å². The molecule has 6 heteroatoms. The monoisotopic (exact) mass is 365 g/mol. The lowest BCUT2D eigenvalue weighted by molar-refractivity contribution is -0.122. The van der Waals surface area contributed by atoms with Crippen molar-refractivity contribution in [2.75, 3.05) is 6.61 Å². The highest BCUT2D eigenvalue weighted by Gasteiger charge is 2.24. The van der Waals surface area contributed by atoms with Crippen LogP contribution in [0.4, 0.5) is 4.39 Å². The Kier molecular flexibility index (Phi) is 4.62. The van der Waals surface area contributed by atoms with Crippen LogP contribution in [0.3, 0.4) is 0 Å². The van der Waals surface area contributed by atoms with Crippen LogP contribution in [-0.2, 0) is 11.3 Å².